The zero-order valence-electron chi connectivity index (χ0n) is 18.0. The molecule has 4 rings (SSSR count). The molecule has 1 aliphatic heterocycles. The smallest absolute Gasteiger partial charge is 0.294 e. The van der Waals surface area contributed by atoms with Crippen LogP contribution < -0.4 is 10.1 Å². The van der Waals surface area contributed by atoms with Gasteiger partial charge in [0, 0.05) is 11.3 Å². The van der Waals surface area contributed by atoms with Crippen molar-refractivity contribution >= 4 is 51.4 Å². The molecule has 7 heteroatoms. The molecule has 162 valence electrons. The first-order valence-corrected chi connectivity index (χ1v) is 10.9. The minimum absolute atomic E-state index is 0.254. The third-order valence-electron chi connectivity index (χ3n) is 5.11. The average Bonchev–Trinajstić information content (AvgIpc) is 3.00. The molecule has 1 heterocycles. The third kappa shape index (κ3) is 4.38. The Hall–Kier alpha value is -3.58. The van der Waals surface area contributed by atoms with E-state index in [1.54, 1.807) is 13.2 Å². The molecule has 0 unspecified atom stereocenters. The van der Waals surface area contributed by atoms with Crippen LogP contribution in [0.15, 0.2) is 59.5 Å². The lowest BCUT2D eigenvalue weighted by Gasteiger charge is -2.13. The predicted molar refractivity (Wildman–Crippen MR) is 128 cm³/mol. The molecule has 0 radical (unpaired) electrons. The van der Waals surface area contributed by atoms with Crippen molar-refractivity contribution in [1.29, 1.82) is 0 Å². The van der Waals surface area contributed by atoms with Gasteiger partial charge in [0.25, 0.3) is 11.1 Å². The molecule has 0 atom stereocenters. The highest BCUT2D eigenvalue weighted by atomic mass is 32.2. The SMILES string of the molecule is COc1ccc2ccccc2c1/C=C1/SC(=O)N(CC(=O)Nc2cc(C)cc(C)c2)C1=O. The number of nitrogens with zero attached hydrogens (tertiary/aromatic N) is 1. The number of fused-ring (bicyclic) bond motifs is 1. The van der Waals surface area contributed by atoms with Crippen LogP contribution in [0, 0.1) is 13.8 Å². The molecular weight excluding hydrogens is 424 g/mol. The summed E-state index contributed by atoms with van der Waals surface area (Å²) < 4.78 is 5.48. The van der Waals surface area contributed by atoms with Gasteiger partial charge in [-0.2, -0.15) is 0 Å². The number of anilines is 1. The van der Waals surface area contributed by atoms with Gasteiger partial charge in [-0.1, -0.05) is 36.4 Å². The number of hydrogen-bond donors (Lipinski definition) is 1. The van der Waals surface area contributed by atoms with Crippen LogP contribution >= 0.6 is 11.8 Å². The molecule has 0 spiro atoms. The second kappa shape index (κ2) is 8.88. The number of aryl methyl sites for hydroxylation is 2. The van der Waals surface area contributed by atoms with Gasteiger partial charge < -0.3 is 10.1 Å². The summed E-state index contributed by atoms with van der Waals surface area (Å²) in [7, 11) is 1.56. The van der Waals surface area contributed by atoms with Crippen molar-refractivity contribution in [3.05, 3.63) is 76.2 Å². The van der Waals surface area contributed by atoms with Crippen LogP contribution in [0.4, 0.5) is 10.5 Å². The number of rotatable bonds is 5. The first kappa shape index (κ1) is 21.6. The number of carbonyl (C=O) groups excluding carboxylic acids is 3. The molecule has 0 aliphatic carbocycles. The van der Waals surface area contributed by atoms with E-state index in [0.717, 1.165) is 44.1 Å². The van der Waals surface area contributed by atoms with Gasteiger partial charge in [0.2, 0.25) is 5.91 Å². The van der Waals surface area contributed by atoms with Crippen molar-refractivity contribution in [1.82, 2.24) is 4.90 Å². The monoisotopic (exact) mass is 446 g/mol. The normalized spacial score (nSPS) is 15.0. The van der Waals surface area contributed by atoms with Crippen LogP contribution in [0.3, 0.4) is 0 Å². The topological polar surface area (TPSA) is 75.7 Å². The Balaban J connectivity index is 1.57. The lowest BCUT2D eigenvalue weighted by Crippen LogP contribution is -2.36. The minimum atomic E-state index is -0.495. The van der Waals surface area contributed by atoms with Crippen LogP contribution in [0.25, 0.3) is 16.8 Å². The number of carbonyl (C=O) groups is 3. The van der Waals surface area contributed by atoms with E-state index in [1.165, 1.54) is 0 Å². The lowest BCUT2D eigenvalue weighted by molar-refractivity contribution is -0.127. The molecule has 3 aromatic carbocycles. The molecule has 1 aliphatic rings. The Labute approximate surface area is 190 Å². The predicted octanol–water partition coefficient (Wildman–Crippen LogP) is 5.14. The van der Waals surface area contributed by atoms with Crippen LogP contribution in [-0.2, 0) is 9.59 Å². The van der Waals surface area contributed by atoms with Gasteiger partial charge >= 0.3 is 0 Å². The first-order chi connectivity index (χ1) is 15.4. The van der Waals surface area contributed by atoms with Crippen LogP contribution in [0.1, 0.15) is 16.7 Å². The Morgan fingerprint density at radius 2 is 1.78 bits per heavy atom. The fourth-order valence-corrected chi connectivity index (χ4v) is 4.58. The number of benzene rings is 3. The van der Waals surface area contributed by atoms with E-state index in [9.17, 15) is 14.4 Å². The van der Waals surface area contributed by atoms with Crippen molar-refractivity contribution in [2.75, 3.05) is 19.0 Å². The summed E-state index contributed by atoms with van der Waals surface area (Å²) in [5, 5.41) is 4.19. The van der Waals surface area contributed by atoms with Gasteiger partial charge in [0.05, 0.1) is 12.0 Å². The largest absolute Gasteiger partial charge is 0.496 e. The highest BCUT2D eigenvalue weighted by Crippen LogP contribution is 2.36. The molecule has 0 bridgehead atoms. The molecular formula is C25H22N2O4S. The Morgan fingerprint density at radius 1 is 1.06 bits per heavy atom. The van der Waals surface area contributed by atoms with Crippen molar-refractivity contribution in [3.8, 4) is 5.75 Å². The van der Waals surface area contributed by atoms with Crippen LogP contribution in [0.5, 0.6) is 5.75 Å². The summed E-state index contributed by atoms with van der Waals surface area (Å²) >= 11 is 0.821. The maximum absolute atomic E-state index is 12.9. The second-order valence-electron chi connectivity index (χ2n) is 7.60. The Kier molecular flexibility index (Phi) is 6.01. The standard InChI is InChI=1S/C25H22N2O4S/c1-15-10-16(2)12-18(11-15)26-23(28)14-27-24(29)22(32-25(27)30)13-20-19-7-5-4-6-17(19)8-9-21(20)31-3/h4-13H,14H2,1-3H3,(H,26,28)/b22-13+. The second-order valence-corrected chi connectivity index (χ2v) is 8.59. The van der Waals surface area contributed by atoms with Crippen LogP contribution in [0.2, 0.25) is 0 Å². The molecule has 0 saturated carbocycles. The van der Waals surface area contributed by atoms with Crippen molar-refractivity contribution in [2.24, 2.45) is 0 Å². The average molecular weight is 447 g/mol. The molecule has 1 saturated heterocycles. The maximum Gasteiger partial charge on any atom is 0.294 e. The number of hydrogen-bond acceptors (Lipinski definition) is 5. The van der Waals surface area contributed by atoms with Gasteiger partial charge in [0.15, 0.2) is 0 Å². The summed E-state index contributed by atoms with van der Waals surface area (Å²) in [6.07, 6.45) is 1.66. The fourth-order valence-electron chi connectivity index (χ4n) is 3.76. The molecule has 0 aromatic heterocycles. The van der Waals surface area contributed by atoms with Crippen LogP contribution in [-0.4, -0.2) is 35.6 Å². The van der Waals surface area contributed by atoms with Gasteiger partial charge in [0.1, 0.15) is 12.3 Å². The summed E-state index contributed by atoms with van der Waals surface area (Å²) in [6, 6.07) is 17.2. The number of amides is 3. The number of methoxy groups -OCH3 is 1. The van der Waals surface area contributed by atoms with Gasteiger partial charge in [-0.15, -0.1) is 0 Å². The quantitative estimate of drug-likeness (QED) is 0.549. The molecule has 32 heavy (non-hydrogen) atoms. The summed E-state index contributed by atoms with van der Waals surface area (Å²) in [5.41, 5.74) is 3.38. The van der Waals surface area contributed by atoms with E-state index in [2.05, 4.69) is 5.32 Å². The highest BCUT2D eigenvalue weighted by Gasteiger charge is 2.36. The maximum atomic E-state index is 12.9. The van der Waals surface area contributed by atoms with E-state index in [0.29, 0.717) is 11.4 Å². The van der Waals surface area contributed by atoms with Gasteiger partial charge in [-0.25, -0.2) is 0 Å². The van der Waals surface area contributed by atoms with E-state index in [-0.39, 0.29) is 11.4 Å². The first-order valence-electron chi connectivity index (χ1n) is 10.0. The molecule has 3 amide bonds. The molecule has 1 N–H and O–H groups in total. The molecule has 1 fully saturated rings. The summed E-state index contributed by atoms with van der Waals surface area (Å²) in [5.74, 6) is -0.324. The number of thioether (sulfide) groups is 1. The van der Waals surface area contributed by atoms with Crippen molar-refractivity contribution in [3.63, 3.8) is 0 Å². The van der Waals surface area contributed by atoms with E-state index in [1.807, 2.05) is 68.4 Å². The highest BCUT2D eigenvalue weighted by molar-refractivity contribution is 8.18. The van der Waals surface area contributed by atoms with E-state index >= 15 is 0 Å². The van der Waals surface area contributed by atoms with Gasteiger partial charge in [-0.3, -0.25) is 19.3 Å². The third-order valence-corrected chi connectivity index (χ3v) is 6.01. The van der Waals surface area contributed by atoms with E-state index < -0.39 is 17.1 Å². The zero-order valence-corrected chi connectivity index (χ0v) is 18.8. The summed E-state index contributed by atoms with van der Waals surface area (Å²) in [4.78, 5) is 39.2. The number of imide groups is 1. The van der Waals surface area contributed by atoms with Crippen molar-refractivity contribution in [2.45, 2.75) is 13.8 Å². The number of nitrogens with one attached hydrogen (secondary N) is 1. The van der Waals surface area contributed by atoms with Gasteiger partial charge in [-0.05, 0) is 71.8 Å². The minimum Gasteiger partial charge on any atom is -0.496 e. The Morgan fingerprint density at radius 3 is 2.50 bits per heavy atom. The Bertz CT molecular complexity index is 1260. The fraction of sp³-hybridized carbons (Fsp3) is 0.160. The molecule has 6 nitrogen and oxygen atoms in total. The van der Waals surface area contributed by atoms with Crippen molar-refractivity contribution < 1.29 is 19.1 Å². The molecule has 3 aromatic rings. The number of ether oxygens (including phenoxy) is 1. The lowest BCUT2D eigenvalue weighted by atomic mass is 10.0. The zero-order chi connectivity index (χ0) is 22.8. The van der Waals surface area contributed by atoms with E-state index in [4.69, 9.17) is 4.74 Å². The summed E-state index contributed by atoms with van der Waals surface area (Å²) in [6.45, 7) is 3.53.